The molecule has 1 aromatic carbocycles. The molecule has 146 valence electrons. The Labute approximate surface area is 168 Å². The Morgan fingerprint density at radius 3 is 2.61 bits per heavy atom. The lowest BCUT2D eigenvalue weighted by atomic mass is 10.0. The van der Waals surface area contributed by atoms with Crippen LogP contribution in [0.25, 0.3) is 6.08 Å². The van der Waals surface area contributed by atoms with E-state index in [0.717, 1.165) is 16.8 Å². The Hall–Kier alpha value is -2.92. The maximum atomic E-state index is 12.6. The van der Waals surface area contributed by atoms with Crippen LogP contribution in [-0.2, 0) is 4.79 Å². The molecule has 0 radical (unpaired) electrons. The Morgan fingerprint density at radius 1 is 1.29 bits per heavy atom. The number of carboxylic acid groups (broad SMARTS) is 1. The van der Waals surface area contributed by atoms with Gasteiger partial charge >= 0.3 is 5.97 Å². The monoisotopic (exact) mass is 420 g/mol. The van der Waals surface area contributed by atoms with Gasteiger partial charge in [0.25, 0.3) is 5.91 Å². The molecule has 3 rings (SSSR count). The average molecular weight is 420 g/mol. The van der Waals surface area contributed by atoms with Gasteiger partial charge in [-0.05, 0) is 36.4 Å². The number of aryl methyl sites for hydroxylation is 1. The number of aromatic carboxylic acids is 1. The lowest BCUT2D eigenvalue weighted by molar-refractivity contribution is -0.121. The molecule has 1 N–H and O–H groups in total. The molecule has 1 aliphatic heterocycles. The number of nitrogens with zero attached hydrogens (tertiary/aromatic N) is 4. The molecule has 0 unspecified atom stereocenters. The number of carboxylic acids is 1. The van der Waals surface area contributed by atoms with Crippen LogP contribution in [0.4, 0.5) is 5.13 Å². The van der Waals surface area contributed by atoms with Crippen LogP contribution in [0.2, 0.25) is 0 Å². The lowest BCUT2D eigenvalue weighted by Gasteiger charge is -2.12. The number of likely N-dealkylation sites (N-methyl/N-ethyl adjacent to an activating group) is 1. The minimum Gasteiger partial charge on any atom is -0.493 e. The van der Waals surface area contributed by atoms with Gasteiger partial charge in [0.2, 0.25) is 5.13 Å². The summed E-state index contributed by atoms with van der Waals surface area (Å²) in [5, 5.41) is 19.1. The summed E-state index contributed by atoms with van der Waals surface area (Å²) in [6.45, 7) is 1.81. The summed E-state index contributed by atoms with van der Waals surface area (Å²) in [6.07, 6.45) is 1.50. The van der Waals surface area contributed by atoms with Crippen molar-refractivity contribution in [2.45, 2.75) is 6.92 Å². The first-order valence-electron chi connectivity index (χ1n) is 7.90. The molecular weight excluding hydrogens is 404 g/mol. The number of aliphatic imine (C=N–C) groups is 1. The highest BCUT2D eigenvalue weighted by molar-refractivity contribution is 8.18. The number of methoxy groups -OCH3 is 2. The van der Waals surface area contributed by atoms with Crippen molar-refractivity contribution in [2.24, 2.45) is 4.99 Å². The molecule has 0 aliphatic carbocycles. The summed E-state index contributed by atoms with van der Waals surface area (Å²) >= 11 is 2.44. The molecule has 1 amide bonds. The van der Waals surface area contributed by atoms with Gasteiger partial charge in [-0.25, -0.2) is 4.79 Å². The number of carbonyl (C=O) groups is 2. The first-order chi connectivity index (χ1) is 13.3. The van der Waals surface area contributed by atoms with E-state index in [1.165, 1.54) is 36.5 Å². The molecule has 1 saturated heterocycles. The number of rotatable bonds is 5. The maximum absolute atomic E-state index is 12.6. The highest BCUT2D eigenvalue weighted by Crippen LogP contribution is 2.38. The van der Waals surface area contributed by atoms with Crippen LogP contribution in [0.5, 0.6) is 11.5 Å². The smallest absolute Gasteiger partial charge is 0.340 e. The molecule has 11 heteroatoms. The fraction of sp³-hybridized carbons (Fsp3) is 0.235. The Morgan fingerprint density at radius 2 is 2.04 bits per heavy atom. The molecule has 9 nitrogen and oxygen atoms in total. The largest absolute Gasteiger partial charge is 0.493 e. The van der Waals surface area contributed by atoms with Crippen molar-refractivity contribution in [1.82, 2.24) is 15.1 Å². The number of hydrogen-bond donors (Lipinski definition) is 1. The molecule has 0 atom stereocenters. The average Bonchev–Trinajstić information content (AvgIpc) is 3.19. The Kier molecular flexibility index (Phi) is 5.66. The van der Waals surface area contributed by atoms with Crippen LogP contribution < -0.4 is 9.47 Å². The number of thioether (sulfide) groups is 1. The van der Waals surface area contributed by atoms with Crippen LogP contribution in [-0.4, -0.2) is 58.5 Å². The molecule has 0 bridgehead atoms. The van der Waals surface area contributed by atoms with Crippen molar-refractivity contribution in [3.05, 3.63) is 33.2 Å². The van der Waals surface area contributed by atoms with Crippen molar-refractivity contribution in [3.8, 4) is 11.5 Å². The van der Waals surface area contributed by atoms with Gasteiger partial charge in [-0.3, -0.25) is 9.69 Å². The number of benzene rings is 1. The molecule has 0 spiro atoms. The van der Waals surface area contributed by atoms with Gasteiger partial charge in [0.15, 0.2) is 16.7 Å². The van der Waals surface area contributed by atoms with Gasteiger partial charge in [0.1, 0.15) is 10.6 Å². The molecule has 2 aromatic rings. The number of amides is 1. The normalized spacial score (nSPS) is 16.9. The summed E-state index contributed by atoms with van der Waals surface area (Å²) in [6, 6.07) is 3.15. The van der Waals surface area contributed by atoms with Crippen molar-refractivity contribution < 1.29 is 24.2 Å². The van der Waals surface area contributed by atoms with E-state index < -0.39 is 5.97 Å². The fourth-order valence-corrected chi connectivity index (χ4v) is 4.07. The van der Waals surface area contributed by atoms with E-state index in [1.54, 1.807) is 19.2 Å². The van der Waals surface area contributed by atoms with Gasteiger partial charge in [0.05, 0.1) is 19.1 Å². The second-order valence-electron chi connectivity index (χ2n) is 5.54. The van der Waals surface area contributed by atoms with Crippen molar-refractivity contribution >= 4 is 51.4 Å². The molecular formula is C17H16N4O5S2. The highest BCUT2D eigenvalue weighted by atomic mass is 32.2. The second kappa shape index (κ2) is 7.98. The van der Waals surface area contributed by atoms with E-state index in [2.05, 4.69) is 15.2 Å². The summed E-state index contributed by atoms with van der Waals surface area (Å²) < 4.78 is 10.4. The number of hydrogen-bond acceptors (Lipinski definition) is 9. The van der Waals surface area contributed by atoms with Crippen LogP contribution in [0.3, 0.4) is 0 Å². The number of ether oxygens (including phenoxy) is 2. The second-order valence-corrected chi connectivity index (χ2v) is 7.71. The zero-order chi connectivity index (χ0) is 20.4. The van der Waals surface area contributed by atoms with Crippen molar-refractivity contribution in [3.63, 3.8) is 0 Å². The van der Waals surface area contributed by atoms with E-state index in [9.17, 15) is 14.7 Å². The predicted octanol–water partition coefficient (Wildman–Crippen LogP) is 2.80. The van der Waals surface area contributed by atoms with Crippen LogP contribution >= 0.6 is 23.1 Å². The van der Waals surface area contributed by atoms with E-state index in [-0.39, 0.29) is 17.2 Å². The van der Waals surface area contributed by atoms with Gasteiger partial charge in [-0.15, -0.1) is 10.2 Å². The zero-order valence-corrected chi connectivity index (χ0v) is 17.1. The minimum atomic E-state index is -1.19. The summed E-state index contributed by atoms with van der Waals surface area (Å²) in [5.41, 5.74) is 0.234. The van der Waals surface area contributed by atoms with Gasteiger partial charge < -0.3 is 14.6 Å². The predicted molar refractivity (Wildman–Crippen MR) is 107 cm³/mol. The Balaban J connectivity index is 2.03. The number of amidine groups is 1. The SMILES string of the molecule is COc1ccc(/C=C2/S/C(=N/c3nnc(C)s3)N(C)C2=O)c(C(=O)O)c1OC. The highest BCUT2D eigenvalue weighted by Gasteiger charge is 2.31. The first-order valence-corrected chi connectivity index (χ1v) is 9.53. The maximum Gasteiger partial charge on any atom is 0.340 e. The molecule has 2 heterocycles. The van der Waals surface area contributed by atoms with Crippen LogP contribution in [0, 0.1) is 6.92 Å². The molecule has 1 aromatic heterocycles. The molecule has 1 aliphatic rings. The van der Waals surface area contributed by atoms with E-state index >= 15 is 0 Å². The summed E-state index contributed by atoms with van der Waals surface area (Å²) in [4.78, 5) is 30.4. The van der Waals surface area contributed by atoms with E-state index in [4.69, 9.17) is 9.47 Å². The quantitative estimate of drug-likeness (QED) is 0.735. The minimum absolute atomic E-state index is 0.0875. The van der Waals surface area contributed by atoms with Crippen molar-refractivity contribution in [1.29, 1.82) is 0 Å². The fourth-order valence-electron chi connectivity index (χ4n) is 2.49. The standard InChI is InChI=1S/C17H16N4O5S2/c1-8-19-20-16(27-8)18-17-21(2)14(22)11(28-17)7-9-5-6-10(25-3)13(26-4)12(9)15(23)24/h5-7H,1-4H3,(H,23,24)/b11-7+,18-17+. The Bertz CT molecular complexity index is 1010. The first kappa shape index (κ1) is 19.8. The summed E-state index contributed by atoms with van der Waals surface area (Å²) in [7, 11) is 4.37. The third kappa shape index (κ3) is 3.71. The topological polar surface area (TPSA) is 114 Å². The molecule has 1 fully saturated rings. The van der Waals surface area contributed by atoms with Gasteiger partial charge in [-0.2, -0.15) is 4.99 Å². The third-order valence-corrected chi connectivity index (χ3v) is 5.58. The lowest BCUT2D eigenvalue weighted by Crippen LogP contribution is -2.23. The zero-order valence-electron chi connectivity index (χ0n) is 15.4. The van der Waals surface area contributed by atoms with E-state index in [0.29, 0.717) is 26.5 Å². The van der Waals surface area contributed by atoms with E-state index in [1.807, 2.05) is 6.92 Å². The molecule has 0 saturated carbocycles. The third-order valence-electron chi connectivity index (χ3n) is 3.79. The number of carbonyl (C=O) groups excluding carboxylic acids is 1. The number of aromatic nitrogens is 2. The van der Waals surface area contributed by atoms with Crippen LogP contribution in [0.15, 0.2) is 22.0 Å². The van der Waals surface area contributed by atoms with Gasteiger partial charge in [-0.1, -0.05) is 17.4 Å². The summed E-state index contributed by atoms with van der Waals surface area (Å²) in [5.74, 6) is -1.11. The van der Waals surface area contributed by atoms with Gasteiger partial charge in [0, 0.05) is 7.05 Å². The molecule has 28 heavy (non-hydrogen) atoms. The van der Waals surface area contributed by atoms with Crippen LogP contribution in [0.1, 0.15) is 20.9 Å². The van der Waals surface area contributed by atoms with Crippen molar-refractivity contribution in [2.75, 3.05) is 21.3 Å².